The van der Waals surface area contributed by atoms with Crippen LogP contribution >= 0.6 is 0 Å². The molecule has 0 atom stereocenters. The van der Waals surface area contributed by atoms with Crippen molar-refractivity contribution in [2.24, 2.45) is 12.5 Å². The van der Waals surface area contributed by atoms with Crippen molar-refractivity contribution in [2.75, 3.05) is 0 Å². The van der Waals surface area contributed by atoms with Crippen LogP contribution < -0.4 is 4.74 Å². The predicted octanol–water partition coefficient (Wildman–Crippen LogP) is 11.2. The number of imidazole rings is 1. The van der Waals surface area contributed by atoms with E-state index in [2.05, 4.69) is 187 Å². The second kappa shape index (κ2) is 10.9. The van der Waals surface area contributed by atoms with Crippen LogP contribution in [0.25, 0.3) is 44.3 Å². The number of hydrogen-bond acceptors (Lipinski definition) is 2. The van der Waals surface area contributed by atoms with Crippen molar-refractivity contribution in [1.82, 2.24) is 18.7 Å². The molecule has 0 spiro atoms. The van der Waals surface area contributed by atoms with Gasteiger partial charge in [0.15, 0.2) is 0 Å². The predicted molar refractivity (Wildman–Crippen MR) is 203 cm³/mol. The Hall–Kier alpha value is -4.21. The fraction of sp³-hybridized carbons (Fsp3) is 0.318. The summed E-state index contributed by atoms with van der Waals surface area (Å²) in [6.07, 6.45) is 1.97. The van der Waals surface area contributed by atoms with Crippen molar-refractivity contribution in [2.45, 2.75) is 78.6 Å². The summed E-state index contributed by atoms with van der Waals surface area (Å²) < 4.78 is 14.8. The van der Waals surface area contributed by atoms with Gasteiger partial charge in [0.05, 0.1) is 0 Å². The molecular weight excluding hydrogens is 796 g/mol. The van der Waals surface area contributed by atoms with Crippen LogP contribution in [0, 0.1) is 9.22 Å². The summed E-state index contributed by atoms with van der Waals surface area (Å²) in [6, 6.07) is 32.6. The van der Waals surface area contributed by atoms with E-state index in [1.54, 1.807) is 0 Å². The monoisotopic (exact) mass is 841 g/mol. The molecule has 0 aliphatic heterocycles. The number of aryl methyl sites for hydroxylation is 1. The molecule has 5 nitrogen and oxygen atoms in total. The second-order valence-corrected chi connectivity index (χ2v) is 17.7. The van der Waals surface area contributed by atoms with Crippen LogP contribution in [-0.2, 0) is 42.6 Å². The number of pyridine rings is 1. The molecule has 3 aromatic heterocycles. The third-order valence-corrected chi connectivity index (χ3v) is 13.7. The normalized spacial score (nSPS) is 16.4. The van der Waals surface area contributed by atoms with E-state index in [-0.39, 0.29) is 21.7 Å². The Morgan fingerprint density at radius 2 is 1.38 bits per heavy atom. The summed E-state index contributed by atoms with van der Waals surface area (Å²) >= 11 is 2.40. The fourth-order valence-corrected chi connectivity index (χ4v) is 9.15. The maximum absolute atomic E-state index is 6.72. The number of para-hydroxylation sites is 2. The molecule has 0 saturated heterocycles. The van der Waals surface area contributed by atoms with Gasteiger partial charge in [0.25, 0.3) is 0 Å². The Balaban J connectivity index is 1.34. The van der Waals surface area contributed by atoms with Crippen molar-refractivity contribution in [1.29, 1.82) is 0 Å². The molecule has 4 aromatic carbocycles. The molecule has 50 heavy (non-hydrogen) atoms. The Kier molecular flexibility index (Phi) is 7.18. The van der Waals surface area contributed by atoms with Crippen molar-refractivity contribution in [3.63, 3.8) is 0 Å². The summed E-state index contributed by atoms with van der Waals surface area (Å²) in [5.41, 5.74) is 9.77. The Morgan fingerprint density at radius 1 is 0.680 bits per heavy atom. The average Bonchev–Trinajstić information content (AvgIpc) is 3.57. The molecule has 258 valence electrons. The third-order valence-electron chi connectivity index (χ3n) is 12.4. The van der Waals surface area contributed by atoms with Crippen molar-refractivity contribution in [3.8, 4) is 23.0 Å². The van der Waals surface area contributed by atoms with E-state index in [4.69, 9.17) is 9.72 Å². The first-order valence-corrected chi connectivity index (χ1v) is 18.7. The minimum absolute atomic E-state index is 0.0127. The quantitative estimate of drug-likeness (QED) is 0.177. The molecule has 0 unspecified atom stereocenters. The SMILES string of the molecule is Cn1[c](=[Pt])n(-c2cccc(Oc3ccc4c5ccc6c(c5n(-c5cc(C(C)(C)C)ccn5)c4c3)C(C)(C)C(C)(C)C6(C)C)c2)c2ccccc21. The van der Waals surface area contributed by atoms with Crippen LogP contribution in [0.1, 0.15) is 79.0 Å². The summed E-state index contributed by atoms with van der Waals surface area (Å²) in [7, 11) is 2.11. The Morgan fingerprint density at radius 3 is 2.12 bits per heavy atom. The van der Waals surface area contributed by atoms with E-state index in [9.17, 15) is 0 Å². The van der Waals surface area contributed by atoms with Gasteiger partial charge in [0, 0.05) is 6.20 Å². The first kappa shape index (κ1) is 33.0. The number of benzene rings is 4. The van der Waals surface area contributed by atoms with Gasteiger partial charge in [-0.3, -0.25) is 0 Å². The fourth-order valence-electron chi connectivity index (χ4n) is 8.31. The van der Waals surface area contributed by atoms with Crippen molar-refractivity contribution >= 4 is 32.8 Å². The number of rotatable bonds is 4. The second-order valence-electron chi connectivity index (χ2n) is 16.7. The van der Waals surface area contributed by atoms with Crippen LogP contribution in [-0.4, -0.2) is 18.7 Å². The van der Waals surface area contributed by atoms with Gasteiger partial charge in [-0.15, -0.1) is 0 Å². The van der Waals surface area contributed by atoms with Crippen LogP contribution in [0.4, 0.5) is 0 Å². The van der Waals surface area contributed by atoms with Gasteiger partial charge >= 0.3 is 194 Å². The molecule has 0 fully saturated rings. The molecule has 0 radical (unpaired) electrons. The summed E-state index contributed by atoms with van der Waals surface area (Å²) in [5, 5.41) is 2.45. The first-order chi connectivity index (χ1) is 23.5. The zero-order chi connectivity index (χ0) is 35.5. The van der Waals surface area contributed by atoms with E-state index in [1.165, 1.54) is 38.5 Å². The molecular formula is C44H46N4OPt. The summed E-state index contributed by atoms with van der Waals surface area (Å²) in [6.45, 7) is 21.3. The van der Waals surface area contributed by atoms with Crippen LogP contribution in [0.2, 0.25) is 0 Å². The molecule has 6 heteroatoms. The Labute approximate surface area is 306 Å². The number of ether oxygens (including phenoxy) is 1. The molecule has 7 aromatic rings. The van der Waals surface area contributed by atoms with E-state index in [0.29, 0.717) is 0 Å². The van der Waals surface area contributed by atoms with E-state index >= 15 is 0 Å². The summed E-state index contributed by atoms with van der Waals surface area (Å²) in [4.78, 5) is 5.05. The third kappa shape index (κ3) is 4.55. The zero-order valence-electron chi connectivity index (χ0n) is 30.8. The van der Waals surface area contributed by atoms with Crippen LogP contribution in [0.3, 0.4) is 0 Å². The van der Waals surface area contributed by atoms with Gasteiger partial charge in [-0.1, -0.05) is 68.4 Å². The zero-order valence-corrected chi connectivity index (χ0v) is 33.0. The molecule has 3 heterocycles. The average molecular weight is 842 g/mol. The molecule has 8 rings (SSSR count). The molecule has 0 bridgehead atoms. The van der Waals surface area contributed by atoms with Crippen molar-refractivity contribution < 1.29 is 24.1 Å². The van der Waals surface area contributed by atoms with Gasteiger partial charge in [-0.2, -0.15) is 0 Å². The van der Waals surface area contributed by atoms with Gasteiger partial charge in [0.2, 0.25) is 0 Å². The maximum atomic E-state index is 6.72. The van der Waals surface area contributed by atoms with Crippen LogP contribution in [0.15, 0.2) is 97.2 Å². The van der Waals surface area contributed by atoms with Gasteiger partial charge < -0.3 is 0 Å². The minimum atomic E-state index is -0.0876. The molecule has 0 N–H and O–H groups in total. The molecule has 0 saturated carbocycles. The number of fused-ring (bicyclic) bond motifs is 6. The van der Waals surface area contributed by atoms with E-state index in [0.717, 1.165) is 37.8 Å². The topological polar surface area (TPSA) is 36.9 Å². The molecule has 0 amide bonds. The van der Waals surface area contributed by atoms with E-state index in [1.807, 2.05) is 12.3 Å². The molecule has 1 aliphatic rings. The van der Waals surface area contributed by atoms with Crippen LogP contribution in [0.5, 0.6) is 11.5 Å². The van der Waals surface area contributed by atoms with E-state index < -0.39 is 0 Å². The standard InChI is InChI=1S/C44H46N4O.Pt/c1-41(2,3)28-22-23-45-38(24-28)48-37-26-31(49-30-15-13-14-29(25-30)47-27-46(10)35-16-11-12-17-36(35)47)18-19-32(37)33-20-21-34-39(40(33)48)43(6,7)44(8,9)42(34,4)5;/h11-26H,1-10H3;. The van der Waals surface area contributed by atoms with Crippen molar-refractivity contribution in [3.05, 3.63) is 118 Å². The number of aromatic nitrogens is 4. The first-order valence-electron chi connectivity index (χ1n) is 17.5. The molecule has 1 aliphatic carbocycles. The summed E-state index contributed by atoms with van der Waals surface area (Å²) in [5.74, 6) is 2.52. The van der Waals surface area contributed by atoms with Gasteiger partial charge in [0.1, 0.15) is 0 Å². The number of nitrogens with zero attached hydrogens (tertiary/aromatic N) is 4. The Bertz CT molecular complexity index is 2570. The van der Waals surface area contributed by atoms with Gasteiger partial charge in [-0.25, -0.2) is 0 Å². The van der Waals surface area contributed by atoms with Gasteiger partial charge in [-0.05, 0) is 38.9 Å². The number of hydrogen-bond donors (Lipinski definition) is 0.